The monoisotopic (exact) mass is 296 g/mol. The number of nitrogens with zero attached hydrogens (tertiary/aromatic N) is 3. The lowest BCUT2D eigenvalue weighted by Gasteiger charge is -2.23. The molecular formula is C15H25ClN4. The maximum atomic E-state index is 6.29. The predicted octanol–water partition coefficient (Wildman–Crippen LogP) is 3.82. The maximum absolute atomic E-state index is 6.29. The number of hydrogen-bond donors (Lipinski definition) is 1. The van der Waals surface area contributed by atoms with Crippen LogP contribution < -0.4 is 10.2 Å². The van der Waals surface area contributed by atoms with Gasteiger partial charge in [0.1, 0.15) is 5.02 Å². The Morgan fingerprint density at radius 1 is 1.40 bits per heavy atom. The Morgan fingerprint density at radius 2 is 2.20 bits per heavy atom. The van der Waals surface area contributed by atoms with Crippen LogP contribution in [0.3, 0.4) is 0 Å². The largest absolute Gasteiger partial charge is 0.355 e. The van der Waals surface area contributed by atoms with Crippen molar-refractivity contribution in [2.45, 2.75) is 40.0 Å². The molecule has 0 bridgehead atoms. The number of anilines is 2. The summed E-state index contributed by atoms with van der Waals surface area (Å²) >= 11 is 6.29. The number of nitrogens with one attached hydrogen (secondary N) is 1. The van der Waals surface area contributed by atoms with E-state index in [4.69, 9.17) is 11.6 Å². The average Bonchev–Trinajstić information content (AvgIpc) is 2.67. The minimum Gasteiger partial charge on any atom is -0.355 e. The van der Waals surface area contributed by atoms with Crippen molar-refractivity contribution in [3.05, 3.63) is 11.2 Å². The van der Waals surface area contributed by atoms with E-state index in [1.807, 2.05) is 6.92 Å². The Balaban J connectivity index is 2.12. The highest BCUT2D eigenvalue weighted by molar-refractivity contribution is 6.32. The third-order valence-electron chi connectivity index (χ3n) is 4.08. The summed E-state index contributed by atoms with van der Waals surface area (Å²) in [5.74, 6) is 3.11. The molecule has 1 aromatic heterocycles. The number of halogens is 1. The highest BCUT2D eigenvalue weighted by Crippen LogP contribution is 2.30. The van der Waals surface area contributed by atoms with Crippen LogP contribution in [0.15, 0.2) is 6.20 Å². The highest BCUT2D eigenvalue weighted by atomic mass is 35.5. The van der Waals surface area contributed by atoms with Gasteiger partial charge in [-0.15, -0.1) is 0 Å². The van der Waals surface area contributed by atoms with E-state index in [1.54, 1.807) is 6.20 Å². The molecule has 1 atom stereocenters. The Labute approximate surface area is 126 Å². The van der Waals surface area contributed by atoms with Crippen molar-refractivity contribution in [3.63, 3.8) is 0 Å². The maximum Gasteiger partial charge on any atom is 0.224 e. The molecule has 0 amide bonds. The van der Waals surface area contributed by atoms with Crippen molar-refractivity contribution >= 4 is 23.4 Å². The van der Waals surface area contributed by atoms with Crippen LogP contribution in [0.5, 0.6) is 0 Å². The van der Waals surface area contributed by atoms with Gasteiger partial charge in [-0.05, 0) is 38.0 Å². The molecule has 5 heteroatoms. The Morgan fingerprint density at radius 3 is 2.90 bits per heavy atom. The summed E-state index contributed by atoms with van der Waals surface area (Å²) in [5.41, 5.74) is 0. The van der Waals surface area contributed by atoms with Gasteiger partial charge in [0.15, 0.2) is 5.82 Å². The second-order valence-corrected chi connectivity index (χ2v) is 6.22. The summed E-state index contributed by atoms with van der Waals surface area (Å²) in [6, 6.07) is 0. The molecular weight excluding hydrogens is 272 g/mol. The van der Waals surface area contributed by atoms with Gasteiger partial charge in [0, 0.05) is 19.6 Å². The fraction of sp³-hybridized carbons (Fsp3) is 0.733. The molecule has 1 aliphatic heterocycles. The third kappa shape index (κ3) is 3.75. The molecule has 112 valence electrons. The first kappa shape index (κ1) is 15.4. The normalized spacial score (nSPS) is 20.1. The quantitative estimate of drug-likeness (QED) is 0.917. The number of hydrogen-bond acceptors (Lipinski definition) is 4. The van der Waals surface area contributed by atoms with Gasteiger partial charge in [0.2, 0.25) is 5.95 Å². The van der Waals surface area contributed by atoms with Crippen LogP contribution in [-0.2, 0) is 0 Å². The summed E-state index contributed by atoms with van der Waals surface area (Å²) in [6.45, 7) is 9.56. The van der Waals surface area contributed by atoms with Gasteiger partial charge in [-0.3, -0.25) is 0 Å². The first-order valence-corrected chi connectivity index (χ1v) is 8.01. The second kappa shape index (κ2) is 7.11. The smallest absolute Gasteiger partial charge is 0.224 e. The zero-order valence-corrected chi connectivity index (χ0v) is 13.5. The van der Waals surface area contributed by atoms with Crippen LogP contribution in [0, 0.1) is 11.8 Å². The lowest BCUT2D eigenvalue weighted by atomic mass is 9.89. The molecule has 0 spiro atoms. The highest BCUT2D eigenvalue weighted by Gasteiger charge is 2.22. The number of aromatic nitrogens is 2. The minimum atomic E-state index is 0.648. The van der Waals surface area contributed by atoms with Crippen molar-refractivity contribution < 1.29 is 0 Å². The van der Waals surface area contributed by atoms with Gasteiger partial charge in [0.05, 0.1) is 6.20 Å². The molecule has 0 aliphatic carbocycles. The molecule has 2 heterocycles. The van der Waals surface area contributed by atoms with E-state index < -0.39 is 0 Å². The summed E-state index contributed by atoms with van der Waals surface area (Å²) < 4.78 is 0. The van der Waals surface area contributed by atoms with Gasteiger partial charge in [-0.2, -0.15) is 4.98 Å². The van der Waals surface area contributed by atoms with Crippen molar-refractivity contribution in [1.82, 2.24) is 9.97 Å². The SMILES string of the molecule is CCNc1ncc(Cl)c(N2CCCC(C(C)C)CC2)n1. The van der Waals surface area contributed by atoms with E-state index in [0.29, 0.717) is 11.0 Å². The molecule has 20 heavy (non-hydrogen) atoms. The fourth-order valence-corrected chi connectivity index (χ4v) is 3.03. The molecule has 1 unspecified atom stereocenters. The average molecular weight is 297 g/mol. The van der Waals surface area contributed by atoms with E-state index in [2.05, 4.69) is 34.0 Å². The standard InChI is InChI=1S/C15H25ClN4/c1-4-17-15-18-10-13(16)14(19-15)20-8-5-6-12(7-9-20)11(2)3/h10-12H,4-9H2,1-3H3,(H,17,18,19). The molecule has 4 nitrogen and oxygen atoms in total. The van der Waals surface area contributed by atoms with Crippen LogP contribution in [0.2, 0.25) is 5.02 Å². The third-order valence-corrected chi connectivity index (χ3v) is 4.34. The molecule has 0 radical (unpaired) electrons. The van der Waals surface area contributed by atoms with Gasteiger partial charge in [-0.25, -0.2) is 4.98 Å². The fourth-order valence-electron chi connectivity index (χ4n) is 2.82. The topological polar surface area (TPSA) is 41.1 Å². The van der Waals surface area contributed by atoms with Gasteiger partial charge in [-0.1, -0.05) is 25.4 Å². The Hall–Kier alpha value is -1.03. The number of rotatable bonds is 4. The first-order chi connectivity index (χ1) is 9.61. The van der Waals surface area contributed by atoms with Gasteiger partial charge < -0.3 is 10.2 Å². The van der Waals surface area contributed by atoms with Crippen molar-refractivity contribution in [2.75, 3.05) is 29.9 Å². The molecule has 1 saturated heterocycles. The lowest BCUT2D eigenvalue weighted by Crippen LogP contribution is -2.26. The van der Waals surface area contributed by atoms with E-state index in [-0.39, 0.29) is 0 Å². The van der Waals surface area contributed by atoms with E-state index in [1.165, 1.54) is 19.3 Å². The Bertz CT molecular complexity index is 436. The van der Waals surface area contributed by atoms with E-state index in [9.17, 15) is 0 Å². The van der Waals surface area contributed by atoms with Crippen LogP contribution in [0.25, 0.3) is 0 Å². The van der Waals surface area contributed by atoms with Crippen molar-refractivity contribution in [2.24, 2.45) is 11.8 Å². The van der Waals surface area contributed by atoms with Crippen molar-refractivity contribution in [1.29, 1.82) is 0 Å². The summed E-state index contributed by atoms with van der Waals surface area (Å²) in [6.07, 6.45) is 5.43. The first-order valence-electron chi connectivity index (χ1n) is 7.63. The molecule has 1 N–H and O–H groups in total. The zero-order valence-electron chi connectivity index (χ0n) is 12.7. The second-order valence-electron chi connectivity index (χ2n) is 5.82. The minimum absolute atomic E-state index is 0.648. The summed E-state index contributed by atoms with van der Waals surface area (Å²) in [4.78, 5) is 11.1. The summed E-state index contributed by atoms with van der Waals surface area (Å²) in [5, 5.41) is 3.80. The Kier molecular flexibility index (Phi) is 5.46. The van der Waals surface area contributed by atoms with Crippen molar-refractivity contribution in [3.8, 4) is 0 Å². The van der Waals surface area contributed by atoms with Crippen LogP contribution in [0.1, 0.15) is 40.0 Å². The lowest BCUT2D eigenvalue weighted by molar-refractivity contribution is 0.351. The molecule has 0 saturated carbocycles. The molecule has 2 rings (SSSR count). The van der Waals surface area contributed by atoms with Crippen LogP contribution in [0.4, 0.5) is 11.8 Å². The summed E-state index contributed by atoms with van der Waals surface area (Å²) in [7, 11) is 0. The van der Waals surface area contributed by atoms with Gasteiger partial charge >= 0.3 is 0 Å². The molecule has 1 aliphatic rings. The van der Waals surface area contributed by atoms with Crippen LogP contribution >= 0.6 is 11.6 Å². The molecule has 1 aromatic rings. The molecule has 0 aromatic carbocycles. The molecule has 1 fully saturated rings. The van der Waals surface area contributed by atoms with E-state index in [0.717, 1.165) is 37.3 Å². The van der Waals surface area contributed by atoms with Crippen LogP contribution in [-0.4, -0.2) is 29.6 Å². The van der Waals surface area contributed by atoms with E-state index >= 15 is 0 Å². The predicted molar refractivity (Wildman–Crippen MR) is 85.6 cm³/mol. The van der Waals surface area contributed by atoms with Gasteiger partial charge in [0.25, 0.3) is 0 Å². The zero-order chi connectivity index (χ0) is 14.5.